The van der Waals surface area contributed by atoms with E-state index in [1.54, 1.807) is 0 Å². The van der Waals surface area contributed by atoms with Gasteiger partial charge in [0.1, 0.15) is 5.82 Å². The van der Waals surface area contributed by atoms with Crippen molar-refractivity contribution in [3.05, 3.63) is 22.3 Å². The number of aromatic nitrogens is 1. The summed E-state index contributed by atoms with van der Waals surface area (Å²) in [5.74, 6) is 0.968. The summed E-state index contributed by atoms with van der Waals surface area (Å²) in [4.78, 5) is 4.42. The fraction of sp³-hybridized carbons (Fsp3) is 0.615. The first-order valence-corrected chi connectivity index (χ1v) is 7.10. The fourth-order valence-electron chi connectivity index (χ4n) is 2.38. The van der Waals surface area contributed by atoms with Gasteiger partial charge in [-0.05, 0) is 47.3 Å². The number of nitrogens with two attached hydrogens (primary N) is 1. The number of anilines is 1. The molecule has 0 radical (unpaired) electrons. The van der Waals surface area contributed by atoms with Crippen molar-refractivity contribution in [2.24, 2.45) is 5.73 Å². The molecule has 2 atom stereocenters. The zero-order valence-electron chi connectivity index (χ0n) is 10.2. The maximum Gasteiger partial charge on any atom is 0.129 e. The molecule has 94 valence electrons. The van der Waals surface area contributed by atoms with Crippen LogP contribution in [0.5, 0.6) is 0 Å². The van der Waals surface area contributed by atoms with Gasteiger partial charge >= 0.3 is 0 Å². The highest BCUT2D eigenvalue weighted by atomic mass is 79.9. The van der Waals surface area contributed by atoms with Gasteiger partial charge in [0.05, 0.1) is 0 Å². The molecule has 0 spiro atoms. The van der Waals surface area contributed by atoms with Crippen molar-refractivity contribution >= 4 is 21.7 Å². The summed E-state index contributed by atoms with van der Waals surface area (Å²) in [5, 5.41) is 3.51. The highest BCUT2D eigenvalue weighted by Gasteiger charge is 2.20. The van der Waals surface area contributed by atoms with E-state index in [0.717, 1.165) is 28.7 Å². The summed E-state index contributed by atoms with van der Waals surface area (Å²) >= 11 is 3.43. The molecule has 1 aromatic rings. The minimum absolute atomic E-state index is 0.252. The smallest absolute Gasteiger partial charge is 0.129 e. The lowest BCUT2D eigenvalue weighted by molar-refractivity contribution is 0.526. The van der Waals surface area contributed by atoms with Crippen LogP contribution in [0.1, 0.15) is 37.7 Å². The van der Waals surface area contributed by atoms with E-state index >= 15 is 0 Å². The molecule has 17 heavy (non-hydrogen) atoms. The van der Waals surface area contributed by atoms with E-state index in [-0.39, 0.29) is 6.04 Å². The number of halogens is 1. The Labute approximate surface area is 111 Å². The van der Waals surface area contributed by atoms with E-state index in [1.807, 2.05) is 6.20 Å². The number of hydrogen-bond donors (Lipinski definition) is 2. The lowest BCUT2D eigenvalue weighted by Crippen LogP contribution is -2.39. The topological polar surface area (TPSA) is 50.9 Å². The molecule has 2 unspecified atom stereocenters. The highest BCUT2D eigenvalue weighted by Crippen LogP contribution is 2.22. The van der Waals surface area contributed by atoms with Crippen molar-refractivity contribution in [1.82, 2.24) is 4.98 Å². The Hall–Kier alpha value is -0.610. The van der Waals surface area contributed by atoms with Crippen molar-refractivity contribution < 1.29 is 0 Å². The van der Waals surface area contributed by atoms with Gasteiger partial charge in [-0.15, -0.1) is 0 Å². The summed E-state index contributed by atoms with van der Waals surface area (Å²) in [6.07, 6.45) is 7.93. The zero-order chi connectivity index (χ0) is 12.3. The monoisotopic (exact) mass is 297 g/mol. The predicted molar refractivity (Wildman–Crippen MR) is 75.1 cm³/mol. The number of nitrogens with zero attached hydrogens (tertiary/aromatic N) is 1. The van der Waals surface area contributed by atoms with Gasteiger partial charge in [-0.1, -0.05) is 19.3 Å². The van der Waals surface area contributed by atoms with E-state index in [9.17, 15) is 0 Å². The van der Waals surface area contributed by atoms with Crippen molar-refractivity contribution in [1.29, 1.82) is 0 Å². The third-order valence-corrected chi connectivity index (χ3v) is 3.87. The number of hydrogen-bond acceptors (Lipinski definition) is 3. The normalized spacial score (nSPS) is 25.4. The SMILES string of the molecule is Cc1cc(Br)cnc1NC1CCCCCC1N. The Bertz CT molecular complexity index is 381. The third-order valence-electron chi connectivity index (χ3n) is 3.44. The minimum Gasteiger partial charge on any atom is -0.366 e. The maximum atomic E-state index is 6.21. The van der Waals surface area contributed by atoms with Crippen molar-refractivity contribution in [2.45, 2.75) is 51.1 Å². The lowest BCUT2D eigenvalue weighted by atomic mass is 10.0. The van der Waals surface area contributed by atoms with Crippen LogP contribution in [0, 0.1) is 6.92 Å². The van der Waals surface area contributed by atoms with E-state index in [1.165, 1.54) is 19.3 Å². The molecule has 0 aliphatic heterocycles. The second-order valence-electron chi connectivity index (χ2n) is 4.87. The third kappa shape index (κ3) is 3.42. The second-order valence-corrected chi connectivity index (χ2v) is 5.79. The number of pyridine rings is 1. The maximum absolute atomic E-state index is 6.21. The van der Waals surface area contributed by atoms with Gasteiger partial charge in [-0.3, -0.25) is 0 Å². The van der Waals surface area contributed by atoms with Gasteiger partial charge in [-0.25, -0.2) is 4.98 Å². The molecule has 1 heterocycles. The van der Waals surface area contributed by atoms with Gasteiger partial charge in [-0.2, -0.15) is 0 Å². The molecule has 4 heteroatoms. The Kier molecular flexibility index (Phi) is 4.40. The number of rotatable bonds is 2. The standard InChI is InChI=1S/C13H20BrN3/c1-9-7-10(14)8-16-13(9)17-12-6-4-2-3-5-11(12)15/h7-8,11-12H,2-6,15H2,1H3,(H,16,17). The molecule has 2 rings (SSSR count). The quantitative estimate of drug-likeness (QED) is 0.824. The van der Waals surface area contributed by atoms with Crippen LogP contribution in [0.4, 0.5) is 5.82 Å². The van der Waals surface area contributed by atoms with Gasteiger partial charge in [0.25, 0.3) is 0 Å². The lowest BCUT2D eigenvalue weighted by Gasteiger charge is -2.24. The Morgan fingerprint density at radius 1 is 1.35 bits per heavy atom. The van der Waals surface area contributed by atoms with Gasteiger partial charge in [0, 0.05) is 22.8 Å². The first-order chi connectivity index (χ1) is 8.16. The first kappa shape index (κ1) is 12.8. The van der Waals surface area contributed by atoms with Crippen LogP contribution in [0.2, 0.25) is 0 Å². The zero-order valence-corrected chi connectivity index (χ0v) is 11.8. The Balaban J connectivity index is 2.08. The van der Waals surface area contributed by atoms with E-state index in [0.29, 0.717) is 6.04 Å². The number of nitrogens with one attached hydrogen (secondary N) is 1. The molecule has 0 bridgehead atoms. The second kappa shape index (κ2) is 5.83. The van der Waals surface area contributed by atoms with Crippen LogP contribution in [0.3, 0.4) is 0 Å². The molecule has 0 saturated heterocycles. The molecular formula is C13H20BrN3. The van der Waals surface area contributed by atoms with Gasteiger partial charge in [0.2, 0.25) is 0 Å². The van der Waals surface area contributed by atoms with Gasteiger partial charge in [0.15, 0.2) is 0 Å². The summed E-state index contributed by atoms with van der Waals surface area (Å²) in [7, 11) is 0. The molecular weight excluding hydrogens is 278 g/mol. The summed E-state index contributed by atoms with van der Waals surface area (Å²) in [6.45, 7) is 2.07. The average Bonchev–Trinajstić information content (AvgIpc) is 2.48. The molecule has 0 aromatic carbocycles. The summed E-state index contributed by atoms with van der Waals surface area (Å²) < 4.78 is 1.02. The van der Waals surface area contributed by atoms with Crippen LogP contribution in [0.25, 0.3) is 0 Å². The molecule has 3 nitrogen and oxygen atoms in total. The molecule has 0 amide bonds. The summed E-state index contributed by atoms with van der Waals surface area (Å²) in [5.41, 5.74) is 7.37. The van der Waals surface area contributed by atoms with Crippen molar-refractivity contribution in [3.8, 4) is 0 Å². The molecule has 1 saturated carbocycles. The Morgan fingerprint density at radius 2 is 2.12 bits per heavy atom. The van der Waals surface area contributed by atoms with E-state index in [2.05, 4.69) is 39.2 Å². The predicted octanol–water partition coefficient (Wildman–Crippen LogP) is 3.22. The molecule has 1 aliphatic rings. The van der Waals surface area contributed by atoms with Crippen LogP contribution in [-0.2, 0) is 0 Å². The van der Waals surface area contributed by atoms with Crippen molar-refractivity contribution in [2.75, 3.05) is 5.32 Å². The summed E-state index contributed by atoms with van der Waals surface area (Å²) in [6, 6.07) is 2.70. The highest BCUT2D eigenvalue weighted by molar-refractivity contribution is 9.10. The molecule has 1 fully saturated rings. The molecule has 3 N–H and O–H groups in total. The van der Waals surface area contributed by atoms with E-state index in [4.69, 9.17) is 5.73 Å². The largest absolute Gasteiger partial charge is 0.366 e. The van der Waals surface area contributed by atoms with Gasteiger partial charge < -0.3 is 11.1 Å². The van der Waals surface area contributed by atoms with Crippen LogP contribution in [0.15, 0.2) is 16.7 Å². The Morgan fingerprint density at radius 3 is 2.88 bits per heavy atom. The molecule has 1 aliphatic carbocycles. The van der Waals surface area contributed by atoms with Crippen LogP contribution >= 0.6 is 15.9 Å². The minimum atomic E-state index is 0.252. The number of aryl methyl sites for hydroxylation is 1. The average molecular weight is 298 g/mol. The fourth-order valence-corrected chi connectivity index (χ4v) is 2.83. The molecule has 1 aromatic heterocycles. The van der Waals surface area contributed by atoms with E-state index < -0.39 is 0 Å². The van der Waals surface area contributed by atoms with Crippen LogP contribution in [-0.4, -0.2) is 17.1 Å². The van der Waals surface area contributed by atoms with Crippen molar-refractivity contribution in [3.63, 3.8) is 0 Å². The van der Waals surface area contributed by atoms with Crippen LogP contribution < -0.4 is 11.1 Å². The first-order valence-electron chi connectivity index (χ1n) is 6.31.